The van der Waals surface area contributed by atoms with Crippen molar-refractivity contribution in [3.05, 3.63) is 38.7 Å². The largest absolute Gasteiger partial charge is 0.495 e. The lowest BCUT2D eigenvalue weighted by molar-refractivity contribution is -0.120. The maximum atomic E-state index is 12.7. The predicted molar refractivity (Wildman–Crippen MR) is 117 cm³/mol. The number of nitrogens with one attached hydrogen (secondary N) is 1. The molecule has 2 aliphatic rings. The molecule has 7 heteroatoms. The Labute approximate surface area is 181 Å². The van der Waals surface area contributed by atoms with Gasteiger partial charge in [0.1, 0.15) is 11.3 Å². The summed E-state index contributed by atoms with van der Waals surface area (Å²) in [6.07, 6.45) is 6.12. The topological polar surface area (TPSA) is 71.8 Å². The number of carbonyl (C=O) groups excluding carboxylic acids is 1. The number of amides is 1. The van der Waals surface area contributed by atoms with E-state index in [4.69, 9.17) is 20.8 Å². The molecule has 0 bridgehead atoms. The molecule has 1 N–H and O–H groups in total. The highest BCUT2D eigenvalue weighted by Gasteiger charge is 2.33. The Hall–Kier alpha value is -2.05. The number of benzene rings is 1. The second-order valence-electron chi connectivity index (χ2n) is 8.46. The molecule has 0 saturated carbocycles. The third-order valence-electron chi connectivity index (χ3n) is 6.69. The Kier molecular flexibility index (Phi) is 6.34. The molecule has 1 aromatic carbocycles. The van der Waals surface area contributed by atoms with Crippen molar-refractivity contribution < 1.29 is 13.9 Å². The van der Waals surface area contributed by atoms with E-state index in [1.807, 2.05) is 6.92 Å². The Balaban J connectivity index is 1.47. The second kappa shape index (κ2) is 8.98. The Morgan fingerprint density at radius 3 is 2.87 bits per heavy atom. The SMILES string of the molecule is COc1cc2oc(=O)c(CC(=O)NCC3CCCN4CCCCC34)c(C)c2cc1Cl. The van der Waals surface area contributed by atoms with Crippen LogP contribution in [0.3, 0.4) is 0 Å². The smallest absolute Gasteiger partial charge is 0.340 e. The lowest BCUT2D eigenvalue weighted by atomic mass is 9.83. The van der Waals surface area contributed by atoms with Crippen molar-refractivity contribution in [1.29, 1.82) is 0 Å². The first-order valence-corrected chi connectivity index (χ1v) is 11.2. The van der Waals surface area contributed by atoms with Crippen molar-refractivity contribution in [2.24, 2.45) is 5.92 Å². The molecule has 2 fully saturated rings. The Bertz CT molecular complexity index is 1000. The number of ether oxygens (including phenoxy) is 1. The Morgan fingerprint density at radius 2 is 2.07 bits per heavy atom. The van der Waals surface area contributed by atoms with E-state index >= 15 is 0 Å². The number of piperidine rings is 2. The third kappa shape index (κ3) is 4.21. The van der Waals surface area contributed by atoms with Gasteiger partial charge >= 0.3 is 5.63 Å². The number of halogens is 1. The summed E-state index contributed by atoms with van der Waals surface area (Å²) >= 11 is 6.24. The van der Waals surface area contributed by atoms with Crippen LogP contribution in [0.25, 0.3) is 11.0 Å². The number of carbonyl (C=O) groups is 1. The van der Waals surface area contributed by atoms with Crippen LogP contribution in [0.2, 0.25) is 5.02 Å². The lowest BCUT2D eigenvalue weighted by Crippen LogP contribution is -2.51. The van der Waals surface area contributed by atoms with Gasteiger partial charge < -0.3 is 19.4 Å². The molecular formula is C23H29ClN2O4. The molecule has 1 amide bonds. The first kappa shape index (κ1) is 21.2. The zero-order valence-electron chi connectivity index (χ0n) is 17.6. The number of hydrogen-bond donors (Lipinski definition) is 1. The molecule has 4 rings (SSSR count). The van der Waals surface area contributed by atoms with Crippen molar-refractivity contribution in [3.8, 4) is 5.75 Å². The fourth-order valence-corrected chi connectivity index (χ4v) is 5.27. The summed E-state index contributed by atoms with van der Waals surface area (Å²) in [5.41, 5.74) is 1.01. The van der Waals surface area contributed by atoms with Crippen molar-refractivity contribution in [2.45, 2.75) is 51.5 Å². The number of fused-ring (bicyclic) bond motifs is 2. The van der Waals surface area contributed by atoms with Gasteiger partial charge in [0, 0.05) is 24.0 Å². The summed E-state index contributed by atoms with van der Waals surface area (Å²) in [5, 5.41) is 4.23. The van der Waals surface area contributed by atoms with Gasteiger partial charge in [-0.3, -0.25) is 4.79 Å². The summed E-state index contributed by atoms with van der Waals surface area (Å²) in [6, 6.07) is 3.90. The van der Waals surface area contributed by atoms with E-state index in [-0.39, 0.29) is 12.3 Å². The highest BCUT2D eigenvalue weighted by Crippen LogP contribution is 2.32. The molecule has 2 aromatic rings. The van der Waals surface area contributed by atoms with Crippen LogP contribution in [0, 0.1) is 12.8 Å². The minimum Gasteiger partial charge on any atom is -0.495 e. The second-order valence-corrected chi connectivity index (χ2v) is 8.87. The molecule has 0 aliphatic carbocycles. The van der Waals surface area contributed by atoms with Crippen LogP contribution in [0.1, 0.15) is 43.2 Å². The van der Waals surface area contributed by atoms with Crippen LogP contribution in [0.4, 0.5) is 0 Å². The molecule has 3 heterocycles. The lowest BCUT2D eigenvalue weighted by Gasteiger charge is -2.44. The maximum absolute atomic E-state index is 12.7. The number of hydrogen-bond acceptors (Lipinski definition) is 5. The summed E-state index contributed by atoms with van der Waals surface area (Å²) in [6.45, 7) is 4.85. The minimum atomic E-state index is -0.490. The van der Waals surface area contributed by atoms with Crippen LogP contribution < -0.4 is 15.7 Å². The standard InChI is InChI=1S/C23H29ClN2O4/c1-14-16-10-18(24)21(29-2)12-20(16)30-23(28)17(14)11-22(27)25-13-15-6-5-9-26-8-4-3-7-19(15)26/h10,12,15,19H,3-9,11,13H2,1-2H3,(H,25,27). The van der Waals surface area contributed by atoms with E-state index < -0.39 is 5.63 Å². The van der Waals surface area contributed by atoms with Crippen LogP contribution in [-0.4, -0.2) is 43.6 Å². The van der Waals surface area contributed by atoms with E-state index in [0.29, 0.717) is 45.8 Å². The van der Waals surface area contributed by atoms with Gasteiger partial charge in [-0.25, -0.2) is 4.79 Å². The molecule has 0 radical (unpaired) electrons. The van der Waals surface area contributed by atoms with Crippen LogP contribution in [0.15, 0.2) is 21.3 Å². The summed E-state index contributed by atoms with van der Waals surface area (Å²) in [7, 11) is 1.51. The van der Waals surface area contributed by atoms with E-state index in [0.717, 1.165) is 12.0 Å². The van der Waals surface area contributed by atoms with Gasteiger partial charge in [-0.2, -0.15) is 0 Å². The highest BCUT2D eigenvalue weighted by molar-refractivity contribution is 6.32. The van der Waals surface area contributed by atoms with Gasteiger partial charge in [0.15, 0.2) is 0 Å². The normalized spacial score (nSPS) is 22.0. The van der Waals surface area contributed by atoms with E-state index in [2.05, 4.69) is 10.2 Å². The van der Waals surface area contributed by atoms with Gasteiger partial charge in [-0.05, 0) is 63.2 Å². The molecule has 30 heavy (non-hydrogen) atoms. The Morgan fingerprint density at radius 1 is 1.27 bits per heavy atom. The summed E-state index contributed by atoms with van der Waals surface area (Å²) < 4.78 is 10.6. The molecule has 2 aliphatic heterocycles. The zero-order valence-corrected chi connectivity index (χ0v) is 18.4. The maximum Gasteiger partial charge on any atom is 0.340 e. The summed E-state index contributed by atoms with van der Waals surface area (Å²) in [4.78, 5) is 27.8. The zero-order chi connectivity index (χ0) is 21.3. The molecule has 162 valence electrons. The average molecular weight is 433 g/mol. The van der Waals surface area contributed by atoms with Gasteiger partial charge in [0.25, 0.3) is 0 Å². The molecule has 2 saturated heterocycles. The molecule has 1 aromatic heterocycles. The van der Waals surface area contributed by atoms with Crippen LogP contribution in [0.5, 0.6) is 5.75 Å². The van der Waals surface area contributed by atoms with Crippen molar-refractivity contribution in [2.75, 3.05) is 26.7 Å². The fourth-order valence-electron chi connectivity index (χ4n) is 5.03. The summed E-state index contributed by atoms with van der Waals surface area (Å²) in [5.74, 6) is 0.794. The number of aryl methyl sites for hydroxylation is 1. The molecular weight excluding hydrogens is 404 g/mol. The first-order valence-electron chi connectivity index (χ1n) is 10.8. The molecule has 6 nitrogen and oxygen atoms in total. The quantitative estimate of drug-likeness (QED) is 0.729. The van der Waals surface area contributed by atoms with Crippen LogP contribution in [-0.2, 0) is 11.2 Å². The van der Waals surface area contributed by atoms with Crippen LogP contribution >= 0.6 is 11.6 Å². The van der Waals surface area contributed by atoms with Gasteiger partial charge in [-0.1, -0.05) is 18.0 Å². The van der Waals surface area contributed by atoms with Crippen molar-refractivity contribution in [1.82, 2.24) is 10.2 Å². The van der Waals surface area contributed by atoms with Gasteiger partial charge in [0.2, 0.25) is 5.91 Å². The molecule has 2 unspecified atom stereocenters. The number of methoxy groups -OCH3 is 1. The van der Waals surface area contributed by atoms with E-state index in [1.54, 1.807) is 12.1 Å². The predicted octanol–water partition coefficient (Wildman–Crippen LogP) is 3.69. The van der Waals surface area contributed by atoms with Crippen molar-refractivity contribution in [3.63, 3.8) is 0 Å². The van der Waals surface area contributed by atoms with Gasteiger partial charge in [-0.15, -0.1) is 0 Å². The van der Waals surface area contributed by atoms with E-state index in [1.165, 1.54) is 45.9 Å². The monoisotopic (exact) mass is 432 g/mol. The third-order valence-corrected chi connectivity index (χ3v) is 6.98. The average Bonchev–Trinajstić information content (AvgIpc) is 2.75. The number of rotatable bonds is 5. The fraction of sp³-hybridized carbons (Fsp3) is 0.565. The highest BCUT2D eigenvalue weighted by atomic mass is 35.5. The minimum absolute atomic E-state index is 0.00879. The number of nitrogens with zero attached hydrogens (tertiary/aromatic N) is 1. The molecule has 2 atom stereocenters. The van der Waals surface area contributed by atoms with Crippen molar-refractivity contribution >= 4 is 28.5 Å². The first-order chi connectivity index (χ1) is 14.5. The molecule has 0 spiro atoms. The van der Waals surface area contributed by atoms with Gasteiger partial charge in [0.05, 0.1) is 24.1 Å². The van der Waals surface area contributed by atoms with E-state index in [9.17, 15) is 9.59 Å².